The van der Waals surface area contributed by atoms with Gasteiger partial charge in [0.2, 0.25) is 11.9 Å². The smallest absolute Gasteiger partial charge is 0.247 e. The molecule has 1 saturated heterocycles. The van der Waals surface area contributed by atoms with Crippen molar-refractivity contribution < 1.29 is 18.7 Å². The molecule has 1 aliphatic rings. The predicted molar refractivity (Wildman–Crippen MR) is 141 cm³/mol. The first kappa shape index (κ1) is 24.8. The summed E-state index contributed by atoms with van der Waals surface area (Å²) in [6, 6.07) is 17.6. The largest absolute Gasteiger partial charge is 0.457 e. The molecule has 0 bridgehead atoms. The normalized spacial score (nSPS) is 15.8. The molecule has 38 heavy (non-hydrogen) atoms. The van der Waals surface area contributed by atoms with Crippen molar-refractivity contribution in [2.75, 3.05) is 23.0 Å². The Labute approximate surface area is 218 Å². The van der Waals surface area contributed by atoms with Crippen molar-refractivity contribution in [2.45, 2.75) is 12.3 Å². The zero-order valence-corrected chi connectivity index (χ0v) is 20.3. The molecule has 0 saturated carbocycles. The number of amides is 1. The average Bonchev–Trinajstić information content (AvgIpc) is 3.72. The van der Waals surface area contributed by atoms with Crippen molar-refractivity contribution in [1.82, 2.24) is 20.3 Å². The summed E-state index contributed by atoms with van der Waals surface area (Å²) in [7, 11) is 1.83. The number of nitrogens with zero attached hydrogens (tertiary/aromatic N) is 3. The van der Waals surface area contributed by atoms with E-state index in [1.165, 1.54) is 6.08 Å². The van der Waals surface area contributed by atoms with Gasteiger partial charge in [-0.3, -0.25) is 15.1 Å². The summed E-state index contributed by atoms with van der Waals surface area (Å²) >= 11 is 0. The van der Waals surface area contributed by atoms with E-state index in [-0.39, 0.29) is 30.0 Å². The lowest BCUT2D eigenvalue weighted by Gasteiger charge is -2.11. The molecule has 1 amide bonds. The summed E-state index contributed by atoms with van der Waals surface area (Å²) < 4.78 is 25.9. The number of aromatic nitrogens is 3. The van der Waals surface area contributed by atoms with Crippen molar-refractivity contribution in [1.29, 1.82) is 0 Å². The second-order valence-corrected chi connectivity index (χ2v) is 8.22. The first-order chi connectivity index (χ1) is 18.5. The number of carbonyl (C=O) groups excluding carboxylic acids is 1. The van der Waals surface area contributed by atoms with Crippen LogP contribution in [0.25, 0.3) is 0 Å². The molecule has 3 heterocycles. The third kappa shape index (κ3) is 6.09. The molecule has 2 unspecified atom stereocenters. The van der Waals surface area contributed by atoms with Crippen LogP contribution in [0.5, 0.6) is 11.5 Å². The lowest BCUT2D eigenvalue weighted by molar-refractivity contribution is -0.111. The number of hydrogen-bond acceptors (Lipinski definition) is 9. The van der Waals surface area contributed by atoms with Crippen LogP contribution in [0.3, 0.4) is 0 Å². The Morgan fingerprint density at radius 2 is 1.84 bits per heavy atom. The minimum Gasteiger partial charge on any atom is -0.457 e. The van der Waals surface area contributed by atoms with Crippen molar-refractivity contribution in [3.05, 3.63) is 97.2 Å². The first-order valence-electron chi connectivity index (χ1n) is 11.7. The molecule has 4 N–H and O–H groups in total. The molecule has 1 fully saturated rings. The van der Waals surface area contributed by atoms with E-state index < -0.39 is 5.82 Å². The van der Waals surface area contributed by atoms with E-state index in [2.05, 4.69) is 42.8 Å². The third-order valence-electron chi connectivity index (χ3n) is 5.49. The molecular formula is C27H24FN7O3. The fraction of sp³-hybridized carbons (Fsp3) is 0.111. The minimum atomic E-state index is -0.630. The molecule has 2 atom stereocenters. The maximum Gasteiger partial charge on any atom is 0.247 e. The molecule has 192 valence electrons. The Hall–Kier alpha value is -4.87. The van der Waals surface area contributed by atoms with Gasteiger partial charge in [-0.1, -0.05) is 12.6 Å². The van der Waals surface area contributed by atoms with Crippen LogP contribution in [0.4, 0.5) is 33.2 Å². The van der Waals surface area contributed by atoms with Gasteiger partial charge in [0.05, 0.1) is 11.9 Å². The van der Waals surface area contributed by atoms with Crippen LogP contribution >= 0.6 is 0 Å². The average molecular weight is 514 g/mol. The Morgan fingerprint density at radius 3 is 2.61 bits per heavy atom. The van der Waals surface area contributed by atoms with Crippen LogP contribution in [0.15, 0.2) is 85.7 Å². The summed E-state index contributed by atoms with van der Waals surface area (Å²) in [5.74, 6) is 0.463. The Morgan fingerprint density at radius 1 is 1.03 bits per heavy atom. The number of pyridine rings is 1. The quantitative estimate of drug-likeness (QED) is 0.171. The highest BCUT2D eigenvalue weighted by Gasteiger charge is 2.40. The molecular weight excluding hydrogens is 489 g/mol. The van der Waals surface area contributed by atoms with Gasteiger partial charge in [-0.25, -0.2) is 9.37 Å². The molecule has 2 aromatic heterocycles. The highest BCUT2D eigenvalue weighted by molar-refractivity contribution is 5.99. The molecule has 0 spiro atoms. The highest BCUT2D eigenvalue weighted by Crippen LogP contribution is 2.37. The summed E-state index contributed by atoms with van der Waals surface area (Å²) in [6.07, 6.45) is 3.82. The van der Waals surface area contributed by atoms with E-state index >= 15 is 0 Å². The van der Waals surface area contributed by atoms with E-state index in [1.54, 1.807) is 60.8 Å². The monoisotopic (exact) mass is 513 g/mol. The van der Waals surface area contributed by atoms with E-state index in [1.807, 2.05) is 13.1 Å². The fourth-order valence-electron chi connectivity index (χ4n) is 3.60. The summed E-state index contributed by atoms with van der Waals surface area (Å²) in [4.78, 5) is 24.1. The fourth-order valence-corrected chi connectivity index (χ4v) is 3.60. The first-order valence-corrected chi connectivity index (χ1v) is 11.7. The minimum absolute atomic E-state index is 0.0247. The van der Waals surface area contributed by atoms with Crippen LogP contribution in [0.2, 0.25) is 0 Å². The SMILES string of the molecule is C=CC(=O)Nc1cccc(Nc2nc(Nc3ccc(Oc4ccnc(C5OC5NC)c4)cc3)ncc2F)c1. The lowest BCUT2D eigenvalue weighted by Crippen LogP contribution is -2.10. The van der Waals surface area contributed by atoms with Crippen molar-refractivity contribution in [3.63, 3.8) is 0 Å². The van der Waals surface area contributed by atoms with Gasteiger partial charge < -0.3 is 25.4 Å². The van der Waals surface area contributed by atoms with Crippen LogP contribution in [-0.2, 0) is 9.53 Å². The van der Waals surface area contributed by atoms with Crippen molar-refractivity contribution >= 4 is 34.7 Å². The number of rotatable bonds is 10. The standard InChI is InChI=1S/C27H24FN7O3/c1-3-23(36)32-17-5-4-6-18(13-17)33-25-21(28)15-31-27(35-25)34-16-7-9-19(10-8-16)37-20-11-12-30-22(14-20)24-26(29-2)38-24/h3-15,24,26,29H,1H2,2H3,(H,32,36)(H2,31,33,34,35). The molecule has 2 aromatic carbocycles. The van der Waals surface area contributed by atoms with Gasteiger partial charge in [-0.05, 0) is 61.7 Å². The number of anilines is 5. The zero-order valence-electron chi connectivity index (χ0n) is 20.3. The number of benzene rings is 2. The third-order valence-corrected chi connectivity index (χ3v) is 5.49. The molecule has 11 heteroatoms. The second-order valence-electron chi connectivity index (χ2n) is 8.22. The highest BCUT2D eigenvalue weighted by atomic mass is 19.1. The lowest BCUT2D eigenvalue weighted by atomic mass is 10.2. The molecule has 5 rings (SSSR count). The Balaban J connectivity index is 1.23. The number of carbonyl (C=O) groups is 1. The molecule has 10 nitrogen and oxygen atoms in total. The molecule has 4 aromatic rings. The maximum atomic E-state index is 14.4. The summed E-state index contributed by atoms with van der Waals surface area (Å²) in [5.41, 5.74) is 2.54. The van der Waals surface area contributed by atoms with E-state index in [0.29, 0.717) is 28.6 Å². The Bertz CT molecular complexity index is 1470. The van der Waals surface area contributed by atoms with Gasteiger partial charge in [-0.2, -0.15) is 4.98 Å². The van der Waals surface area contributed by atoms with Crippen LogP contribution in [0.1, 0.15) is 11.8 Å². The van der Waals surface area contributed by atoms with Crippen LogP contribution < -0.4 is 26.0 Å². The topological polar surface area (TPSA) is 126 Å². The number of nitrogens with one attached hydrogen (secondary N) is 4. The predicted octanol–water partition coefficient (Wildman–Crippen LogP) is 5.03. The summed E-state index contributed by atoms with van der Waals surface area (Å²) in [6.45, 7) is 3.43. The molecule has 0 aliphatic carbocycles. The number of epoxide rings is 1. The summed E-state index contributed by atoms with van der Waals surface area (Å²) in [5, 5.41) is 11.7. The zero-order chi connectivity index (χ0) is 26.5. The van der Waals surface area contributed by atoms with Gasteiger partial charge in [0.15, 0.2) is 11.6 Å². The van der Waals surface area contributed by atoms with Crippen LogP contribution in [0, 0.1) is 5.82 Å². The molecule has 1 aliphatic heterocycles. The van der Waals surface area contributed by atoms with E-state index in [0.717, 1.165) is 11.9 Å². The van der Waals surface area contributed by atoms with Crippen LogP contribution in [-0.4, -0.2) is 34.1 Å². The van der Waals surface area contributed by atoms with Gasteiger partial charge in [0, 0.05) is 29.3 Å². The van der Waals surface area contributed by atoms with Gasteiger partial charge in [0.1, 0.15) is 23.8 Å². The number of halogens is 1. The number of hydrogen-bond donors (Lipinski definition) is 4. The number of ether oxygens (including phenoxy) is 2. The van der Waals surface area contributed by atoms with Crippen molar-refractivity contribution in [2.24, 2.45) is 0 Å². The van der Waals surface area contributed by atoms with Gasteiger partial charge >= 0.3 is 0 Å². The van der Waals surface area contributed by atoms with Gasteiger partial charge in [0.25, 0.3) is 0 Å². The van der Waals surface area contributed by atoms with E-state index in [4.69, 9.17) is 9.47 Å². The van der Waals surface area contributed by atoms with Gasteiger partial charge in [-0.15, -0.1) is 0 Å². The maximum absolute atomic E-state index is 14.4. The van der Waals surface area contributed by atoms with Crippen molar-refractivity contribution in [3.8, 4) is 11.5 Å². The second kappa shape index (κ2) is 11.0. The number of likely N-dealkylation sites (N-methyl/N-ethyl adjacent to an activating group) is 1. The molecule has 0 radical (unpaired) electrons. The van der Waals surface area contributed by atoms with E-state index in [9.17, 15) is 9.18 Å². The Kier molecular flexibility index (Phi) is 7.20.